The highest BCUT2D eigenvalue weighted by molar-refractivity contribution is 5.63. The van der Waals surface area contributed by atoms with Crippen LogP contribution in [-0.2, 0) is 12.8 Å². The minimum Gasteiger partial charge on any atom is -0.368 e. The lowest BCUT2D eigenvalue weighted by molar-refractivity contribution is 0.917. The minimum atomic E-state index is 0.227. The molecule has 35 heavy (non-hydrogen) atoms. The van der Waals surface area contributed by atoms with Gasteiger partial charge in [-0.2, -0.15) is 4.98 Å². The van der Waals surface area contributed by atoms with Crippen LogP contribution in [0.3, 0.4) is 0 Å². The third kappa shape index (κ3) is 5.14. The van der Waals surface area contributed by atoms with E-state index in [9.17, 15) is 0 Å². The Morgan fingerprint density at radius 1 is 0.743 bits per heavy atom. The molecule has 0 fully saturated rings. The number of nitrogens with two attached hydrogens (primary N) is 1. The predicted molar refractivity (Wildman–Crippen MR) is 139 cm³/mol. The number of benzene rings is 2. The van der Waals surface area contributed by atoms with Crippen LogP contribution in [0, 0.1) is 0 Å². The Kier molecular flexibility index (Phi) is 6.39. The van der Waals surface area contributed by atoms with Crippen LogP contribution in [0.4, 0.5) is 17.6 Å². The molecule has 0 aliphatic rings. The summed E-state index contributed by atoms with van der Waals surface area (Å²) >= 11 is 0. The number of anilines is 3. The Morgan fingerprint density at radius 3 is 2.40 bits per heavy atom. The lowest BCUT2D eigenvalue weighted by Gasteiger charge is -2.21. The quantitative estimate of drug-likeness (QED) is 0.360. The molecule has 0 unspecified atom stereocenters. The maximum Gasteiger partial charge on any atom is 0.221 e. The molecule has 3 heterocycles. The number of rotatable bonds is 7. The second-order valence-electron chi connectivity index (χ2n) is 8.16. The first-order valence-electron chi connectivity index (χ1n) is 11.4. The Bertz CT molecular complexity index is 1420. The molecule has 0 radical (unpaired) electrons. The van der Waals surface area contributed by atoms with Gasteiger partial charge in [0.25, 0.3) is 0 Å². The van der Waals surface area contributed by atoms with E-state index in [0.29, 0.717) is 5.82 Å². The van der Waals surface area contributed by atoms with Crippen molar-refractivity contribution in [2.45, 2.75) is 12.8 Å². The summed E-state index contributed by atoms with van der Waals surface area (Å²) < 4.78 is 0. The molecule has 0 atom stereocenters. The summed E-state index contributed by atoms with van der Waals surface area (Å²) in [5.41, 5.74) is 11.2. The molecule has 3 aromatic heterocycles. The Labute approximate surface area is 204 Å². The van der Waals surface area contributed by atoms with Crippen molar-refractivity contribution in [2.24, 2.45) is 0 Å². The van der Waals surface area contributed by atoms with E-state index in [1.54, 1.807) is 12.4 Å². The van der Waals surface area contributed by atoms with E-state index in [0.717, 1.165) is 46.9 Å². The van der Waals surface area contributed by atoms with Gasteiger partial charge in [0.05, 0.1) is 5.69 Å². The van der Waals surface area contributed by atoms with Crippen LogP contribution >= 0.6 is 0 Å². The van der Waals surface area contributed by atoms with Gasteiger partial charge in [0.2, 0.25) is 5.95 Å². The van der Waals surface area contributed by atoms with E-state index >= 15 is 0 Å². The molecule has 5 rings (SSSR count). The molecule has 0 spiro atoms. The molecule has 0 saturated carbocycles. The Hall–Kier alpha value is -4.65. The molecular weight excluding hydrogens is 434 g/mol. The van der Waals surface area contributed by atoms with Crippen molar-refractivity contribution >= 4 is 17.6 Å². The number of aryl methyl sites for hydroxylation is 2. The second kappa shape index (κ2) is 10.1. The van der Waals surface area contributed by atoms with Gasteiger partial charge in [-0.3, -0.25) is 4.98 Å². The number of hydrogen-bond donors (Lipinski definition) is 1. The van der Waals surface area contributed by atoms with E-state index < -0.39 is 0 Å². The van der Waals surface area contributed by atoms with Gasteiger partial charge >= 0.3 is 0 Å². The molecule has 0 aliphatic heterocycles. The largest absolute Gasteiger partial charge is 0.368 e. The lowest BCUT2D eigenvalue weighted by Crippen LogP contribution is -2.17. The van der Waals surface area contributed by atoms with Gasteiger partial charge in [0, 0.05) is 42.3 Å². The summed E-state index contributed by atoms with van der Waals surface area (Å²) in [6, 6.07) is 26.2. The number of pyridine rings is 1. The first kappa shape index (κ1) is 22.2. The summed E-state index contributed by atoms with van der Waals surface area (Å²) in [7, 11) is 1.93. The normalized spacial score (nSPS) is 10.8. The van der Waals surface area contributed by atoms with Crippen LogP contribution in [0.5, 0.6) is 0 Å². The maximum absolute atomic E-state index is 5.97. The van der Waals surface area contributed by atoms with Crippen molar-refractivity contribution in [2.75, 3.05) is 17.7 Å². The third-order valence-corrected chi connectivity index (χ3v) is 5.77. The van der Waals surface area contributed by atoms with Crippen LogP contribution in [0.15, 0.2) is 97.5 Å². The molecule has 2 N–H and O–H groups in total. The summed E-state index contributed by atoms with van der Waals surface area (Å²) in [6.45, 7) is 0. The molecule has 0 aliphatic carbocycles. The zero-order valence-corrected chi connectivity index (χ0v) is 19.4. The van der Waals surface area contributed by atoms with Gasteiger partial charge in [-0.05, 0) is 42.7 Å². The lowest BCUT2D eigenvalue weighted by atomic mass is 10.0. The fraction of sp³-hybridized carbons (Fsp3) is 0.107. The highest BCUT2D eigenvalue weighted by atomic mass is 15.2. The molecule has 0 amide bonds. The van der Waals surface area contributed by atoms with Crippen molar-refractivity contribution in [3.63, 3.8) is 0 Å². The molecule has 5 aromatic rings. The van der Waals surface area contributed by atoms with Crippen molar-refractivity contribution < 1.29 is 0 Å². The molecule has 2 aromatic carbocycles. The molecule has 172 valence electrons. The number of nitrogen functional groups attached to an aromatic ring is 1. The Morgan fingerprint density at radius 2 is 1.57 bits per heavy atom. The van der Waals surface area contributed by atoms with Gasteiger partial charge in [-0.15, -0.1) is 0 Å². The van der Waals surface area contributed by atoms with Gasteiger partial charge in [-0.25, -0.2) is 15.0 Å². The van der Waals surface area contributed by atoms with E-state index in [-0.39, 0.29) is 5.95 Å². The monoisotopic (exact) mass is 459 g/mol. The van der Waals surface area contributed by atoms with E-state index in [4.69, 9.17) is 10.7 Å². The minimum absolute atomic E-state index is 0.227. The summed E-state index contributed by atoms with van der Waals surface area (Å²) in [5, 5.41) is 0. The zero-order chi connectivity index (χ0) is 24.0. The molecule has 7 heteroatoms. The topological polar surface area (TPSA) is 93.7 Å². The van der Waals surface area contributed by atoms with Crippen molar-refractivity contribution in [3.05, 3.63) is 109 Å². The molecular formula is C28H25N7. The summed E-state index contributed by atoms with van der Waals surface area (Å²) in [5.74, 6) is 2.35. The molecule has 0 saturated heterocycles. The Balaban J connectivity index is 1.39. The van der Waals surface area contributed by atoms with Gasteiger partial charge in [-0.1, -0.05) is 54.6 Å². The first-order valence-corrected chi connectivity index (χ1v) is 11.4. The average Bonchev–Trinajstić information content (AvgIpc) is 2.93. The summed E-state index contributed by atoms with van der Waals surface area (Å²) in [4.78, 5) is 24.4. The fourth-order valence-electron chi connectivity index (χ4n) is 3.95. The average molecular weight is 460 g/mol. The fourth-order valence-corrected chi connectivity index (χ4v) is 3.95. The van der Waals surface area contributed by atoms with Crippen LogP contribution in [0.2, 0.25) is 0 Å². The number of hydrogen-bond acceptors (Lipinski definition) is 7. The van der Waals surface area contributed by atoms with E-state index in [2.05, 4.69) is 44.2 Å². The van der Waals surface area contributed by atoms with Crippen molar-refractivity contribution in [1.29, 1.82) is 0 Å². The predicted octanol–water partition coefficient (Wildman–Crippen LogP) is 5.13. The van der Waals surface area contributed by atoms with E-state index in [1.165, 1.54) is 5.56 Å². The number of aromatic nitrogens is 5. The van der Waals surface area contributed by atoms with Crippen molar-refractivity contribution in [3.8, 4) is 22.6 Å². The highest BCUT2D eigenvalue weighted by Gasteiger charge is 2.15. The van der Waals surface area contributed by atoms with Gasteiger partial charge in [0.1, 0.15) is 11.6 Å². The standard InChI is InChI=1S/C28H25N7/c1-35(25-15-17-31-26(33-25)21-9-3-2-4-10-21)27-23(19-32-28(29)34-27)14-13-20-8-7-11-22(18-20)24-12-5-6-16-30-24/h2-12,15-19H,13-14H2,1H3,(H2,29,32,34). The van der Waals surface area contributed by atoms with Crippen molar-refractivity contribution in [1.82, 2.24) is 24.9 Å². The smallest absolute Gasteiger partial charge is 0.221 e. The maximum atomic E-state index is 5.97. The van der Waals surface area contributed by atoms with Gasteiger partial charge in [0.15, 0.2) is 5.82 Å². The number of nitrogens with zero attached hydrogens (tertiary/aromatic N) is 6. The van der Waals surface area contributed by atoms with Crippen LogP contribution < -0.4 is 10.6 Å². The second-order valence-corrected chi connectivity index (χ2v) is 8.16. The highest BCUT2D eigenvalue weighted by Crippen LogP contribution is 2.27. The van der Waals surface area contributed by atoms with Crippen LogP contribution in [0.25, 0.3) is 22.6 Å². The van der Waals surface area contributed by atoms with Crippen LogP contribution in [-0.4, -0.2) is 32.0 Å². The first-order chi connectivity index (χ1) is 17.2. The van der Waals surface area contributed by atoms with Crippen LogP contribution in [0.1, 0.15) is 11.1 Å². The SMILES string of the molecule is CN(c1ccnc(-c2ccccc2)n1)c1nc(N)ncc1CCc1cccc(-c2ccccn2)c1. The van der Waals surface area contributed by atoms with E-state index in [1.807, 2.05) is 72.7 Å². The third-order valence-electron chi connectivity index (χ3n) is 5.77. The zero-order valence-electron chi connectivity index (χ0n) is 19.4. The summed E-state index contributed by atoms with van der Waals surface area (Å²) in [6.07, 6.45) is 6.95. The van der Waals surface area contributed by atoms with Gasteiger partial charge < -0.3 is 10.6 Å². The molecule has 7 nitrogen and oxygen atoms in total. The molecule has 0 bridgehead atoms.